The van der Waals surface area contributed by atoms with Crippen molar-refractivity contribution in [3.63, 3.8) is 0 Å². The Bertz CT molecular complexity index is 371. The molecular weight excluding hydrogens is 234 g/mol. The monoisotopic (exact) mass is 261 g/mol. The summed E-state index contributed by atoms with van der Waals surface area (Å²) < 4.78 is 0. The van der Waals surface area contributed by atoms with E-state index in [1.54, 1.807) is 0 Å². The van der Waals surface area contributed by atoms with Crippen LogP contribution in [0.5, 0.6) is 0 Å². The minimum Gasteiger partial charge on any atom is -0.388 e. The molecule has 2 nitrogen and oxygen atoms in total. The molecule has 106 valence electrons. The average Bonchev–Trinajstić information content (AvgIpc) is 2.47. The van der Waals surface area contributed by atoms with Gasteiger partial charge >= 0.3 is 0 Å². The molecule has 1 aromatic rings. The molecule has 1 unspecified atom stereocenters. The lowest BCUT2D eigenvalue weighted by Gasteiger charge is -2.21. The van der Waals surface area contributed by atoms with Crippen molar-refractivity contribution in [2.75, 3.05) is 6.54 Å². The number of aliphatic hydroxyl groups excluding tert-OH is 1. The van der Waals surface area contributed by atoms with Gasteiger partial charge in [-0.3, -0.25) is 0 Å². The number of aliphatic hydroxyl groups is 1. The third-order valence-electron chi connectivity index (χ3n) is 4.34. The van der Waals surface area contributed by atoms with Gasteiger partial charge in [-0.15, -0.1) is 0 Å². The van der Waals surface area contributed by atoms with Crippen LogP contribution >= 0.6 is 0 Å². The van der Waals surface area contributed by atoms with E-state index in [2.05, 4.69) is 18.2 Å². The largest absolute Gasteiger partial charge is 0.388 e. The standard InChI is InChI=1S/C17H27NO/c18-12-11-17(19)16-8-4-7-15(13-16)10-9-14-5-2-1-3-6-14/h4,7-8,13-14,17,19H,1-3,5-6,9-12,18H2. The van der Waals surface area contributed by atoms with Crippen LogP contribution in [0.1, 0.15) is 62.2 Å². The van der Waals surface area contributed by atoms with Crippen LogP contribution in [0.25, 0.3) is 0 Å². The predicted octanol–water partition coefficient (Wildman–Crippen LogP) is 3.58. The number of benzene rings is 1. The third-order valence-corrected chi connectivity index (χ3v) is 4.34. The summed E-state index contributed by atoms with van der Waals surface area (Å²) in [4.78, 5) is 0. The second-order valence-corrected chi connectivity index (χ2v) is 5.88. The molecule has 0 aromatic heterocycles. The number of hydrogen-bond donors (Lipinski definition) is 2. The van der Waals surface area contributed by atoms with Crippen molar-refractivity contribution in [2.45, 2.75) is 57.5 Å². The molecule has 0 saturated heterocycles. The summed E-state index contributed by atoms with van der Waals surface area (Å²) in [7, 11) is 0. The maximum atomic E-state index is 9.98. The highest BCUT2D eigenvalue weighted by molar-refractivity contribution is 5.25. The molecule has 1 aliphatic rings. The van der Waals surface area contributed by atoms with E-state index in [-0.39, 0.29) is 0 Å². The molecule has 1 aliphatic carbocycles. The molecule has 1 saturated carbocycles. The van der Waals surface area contributed by atoms with E-state index in [0.29, 0.717) is 13.0 Å². The van der Waals surface area contributed by atoms with Gasteiger partial charge in [0.05, 0.1) is 6.10 Å². The molecule has 1 aromatic carbocycles. The van der Waals surface area contributed by atoms with Crippen molar-refractivity contribution in [3.05, 3.63) is 35.4 Å². The van der Waals surface area contributed by atoms with Crippen LogP contribution in [-0.2, 0) is 6.42 Å². The smallest absolute Gasteiger partial charge is 0.0802 e. The second kappa shape index (κ2) is 7.66. The molecule has 0 heterocycles. The lowest BCUT2D eigenvalue weighted by atomic mass is 9.85. The van der Waals surface area contributed by atoms with E-state index in [9.17, 15) is 5.11 Å². The van der Waals surface area contributed by atoms with Crippen LogP contribution in [0.3, 0.4) is 0 Å². The second-order valence-electron chi connectivity index (χ2n) is 5.88. The topological polar surface area (TPSA) is 46.2 Å². The predicted molar refractivity (Wildman–Crippen MR) is 80.0 cm³/mol. The highest BCUT2D eigenvalue weighted by Gasteiger charge is 2.13. The van der Waals surface area contributed by atoms with Crippen molar-refractivity contribution in [2.24, 2.45) is 11.7 Å². The Morgan fingerprint density at radius 1 is 1.21 bits per heavy atom. The van der Waals surface area contributed by atoms with Crippen LogP contribution < -0.4 is 5.73 Å². The van der Waals surface area contributed by atoms with E-state index < -0.39 is 6.10 Å². The average molecular weight is 261 g/mol. The van der Waals surface area contributed by atoms with Gasteiger partial charge in [0.15, 0.2) is 0 Å². The van der Waals surface area contributed by atoms with Gasteiger partial charge in [-0.25, -0.2) is 0 Å². The normalized spacial score (nSPS) is 18.4. The van der Waals surface area contributed by atoms with E-state index in [1.165, 1.54) is 44.1 Å². The summed E-state index contributed by atoms with van der Waals surface area (Å²) in [6.07, 6.45) is 9.78. The SMILES string of the molecule is NCCC(O)c1cccc(CCC2CCCCC2)c1. The first-order valence-electron chi connectivity index (χ1n) is 7.76. The van der Waals surface area contributed by atoms with Gasteiger partial charge in [0, 0.05) is 0 Å². The molecular formula is C17H27NO. The number of aryl methyl sites for hydroxylation is 1. The van der Waals surface area contributed by atoms with Gasteiger partial charge in [-0.2, -0.15) is 0 Å². The maximum Gasteiger partial charge on any atom is 0.0802 e. The summed E-state index contributed by atoms with van der Waals surface area (Å²) in [5.74, 6) is 0.923. The van der Waals surface area contributed by atoms with Gasteiger partial charge in [0.25, 0.3) is 0 Å². The zero-order valence-electron chi connectivity index (χ0n) is 11.9. The number of hydrogen-bond acceptors (Lipinski definition) is 2. The van der Waals surface area contributed by atoms with Gasteiger partial charge < -0.3 is 10.8 Å². The number of nitrogens with two attached hydrogens (primary N) is 1. The Kier molecular flexibility index (Phi) is 5.87. The molecule has 0 radical (unpaired) electrons. The molecule has 3 N–H and O–H groups in total. The Morgan fingerprint density at radius 3 is 2.74 bits per heavy atom. The highest BCUT2D eigenvalue weighted by atomic mass is 16.3. The first-order valence-corrected chi connectivity index (χ1v) is 7.76. The van der Waals surface area contributed by atoms with Crippen LogP contribution in [-0.4, -0.2) is 11.7 Å². The minimum atomic E-state index is -0.403. The van der Waals surface area contributed by atoms with Crippen LogP contribution in [0.4, 0.5) is 0 Å². The number of rotatable bonds is 6. The lowest BCUT2D eigenvalue weighted by molar-refractivity contribution is 0.170. The van der Waals surface area contributed by atoms with Crippen LogP contribution in [0.15, 0.2) is 24.3 Å². The van der Waals surface area contributed by atoms with Gasteiger partial charge in [-0.05, 0) is 42.9 Å². The summed E-state index contributed by atoms with van der Waals surface area (Å²) in [5.41, 5.74) is 7.88. The zero-order chi connectivity index (χ0) is 13.5. The van der Waals surface area contributed by atoms with Crippen molar-refractivity contribution in [1.82, 2.24) is 0 Å². The lowest BCUT2D eigenvalue weighted by Crippen LogP contribution is -2.08. The molecule has 0 aliphatic heterocycles. The Labute approximate surface area is 117 Å². The maximum absolute atomic E-state index is 9.98. The van der Waals surface area contributed by atoms with E-state index in [4.69, 9.17) is 5.73 Å². The Morgan fingerprint density at radius 2 is 2.00 bits per heavy atom. The van der Waals surface area contributed by atoms with Crippen molar-refractivity contribution >= 4 is 0 Å². The molecule has 2 rings (SSSR count). The highest BCUT2D eigenvalue weighted by Crippen LogP contribution is 2.28. The summed E-state index contributed by atoms with van der Waals surface area (Å²) >= 11 is 0. The fraction of sp³-hybridized carbons (Fsp3) is 0.647. The van der Waals surface area contributed by atoms with Gasteiger partial charge in [-0.1, -0.05) is 56.4 Å². The molecule has 0 bridgehead atoms. The first kappa shape index (κ1) is 14.5. The fourth-order valence-corrected chi connectivity index (χ4v) is 3.13. The summed E-state index contributed by atoms with van der Waals surface area (Å²) in [6, 6.07) is 8.40. The first-order chi connectivity index (χ1) is 9.29. The van der Waals surface area contributed by atoms with Crippen molar-refractivity contribution in [1.29, 1.82) is 0 Å². The molecule has 0 amide bonds. The van der Waals surface area contributed by atoms with Crippen molar-refractivity contribution < 1.29 is 5.11 Å². The zero-order valence-corrected chi connectivity index (χ0v) is 11.9. The molecule has 2 heteroatoms. The molecule has 1 atom stereocenters. The molecule has 19 heavy (non-hydrogen) atoms. The van der Waals surface area contributed by atoms with E-state index in [1.807, 2.05) is 6.07 Å². The Hall–Kier alpha value is -0.860. The minimum absolute atomic E-state index is 0.403. The van der Waals surface area contributed by atoms with E-state index in [0.717, 1.165) is 17.9 Å². The van der Waals surface area contributed by atoms with Crippen LogP contribution in [0.2, 0.25) is 0 Å². The van der Waals surface area contributed by atoms with Crippen LogP contribution in [0, 0.1) is 5.92 Å². The van der Waals surface area contributed by atoms with Gasteiger partial charge in [0.1, 0.15) is 0 Å². The fourth-order valence-electron chi connectivity index (χ4n) is 3.13. The van der Waals surface area contributed by atoms with Gasteiger partial charge in [0.2, 0.25) is 0 Å². The molecule has 1 fully saturated rings. The summed E-state index contributed by atoms with van der Waals surface area (Å²) in [5, 5.41) is 9.98. The quantitative estimate of drug-likeness (QED) is 0.822. The van der Waals surface area contributed by atoms with Crippen molar-refractivity contribution in [3.8, 4) is 0 Å². The third kappa shape index (κ3) is 4.63. The summed E-state index contributed by atoms with van der Waals surface area (Å²) in [6.45, 7) is 0.535. The van der Waals surface area contributed by atoms with E-state index >= 15 is 0 Å². The Balaban J connectivity index is 1.87. The molecule has 0 spiro atoms.